The standard InChI is InChI=1S/C26H27N5O3/c32-24(27-14-7-17-31-26(34)30-16-4-3-13-23(30)28-31)20-10-6-15-29(18-20)25(33)22-12-5-9-19-8-1-2-11-21(19)22/h1-5,8-9,11-13,16,20H,6-7,10,14-15,17-18H2,(H,27,32). The van der Waals surface area contributed by atoms with Crippen molar-refractivity contribution in [3.63, 3.8) is 0 Å². The van der Waals surface area contributed by atoms with Gasteiger partial charge in [-0.3, -0.25) is 14.0 Å². The van der Waals surface area contributed by atoms with Crippen LogP contribution in [0.5, 0.6) is 0 Å². The van der Waals surface area contributed by atoms with Crippen LogP contribution in [0.15, 0.2) is 71.7 Å². The van der Waals surface area contributed by atoms with Gasteiger partial charge in [-0.2, -0.15) is 0 Å². The number of carbonyl (C=O) groups excluding carboxylic acids is 2. The first kappa shape index (κ1) is 21.9. The van der Waals surface area contributed by atoms with E-state index in [0.717, 1.165) is 23.6 Å². The van der Waals surface area contributed by atoms with Crippen LogP contribution >= 0.6 is 0 Å². The lowest BCUT2D eigenvalue weighted by atomic mass is 9.95. The smallest absolute Gasteiger partial charge is 0.350 e. The summed E-state index contributed by atoms with van der Waals surface area (Å²) in [7, 11) is 0. The van der Waals surface area contributed by atoms with E-state index in [1.165, 1.54) is 9.08 Å². The first-order chi connectivity index (χ1) is 16.6. The number of aryl methyl sites for hydroxylation is 1. The number of piperidine rings is 1. The molecule has 5 rings (SSSR count). The highest BCUT2D eigenvalue weighted by atomic mass is 16.2. The molecule has 1 aliphatic rings. The lowest BCUT2D eigenvalue weighted by molar-refractivity contribution is -0.126. The maximum Gasteiger partial charge on any atom is 0.350 e. The number of amides is 2. The molecule has 1 atom stereocenters. The SMILES string of the molecule is O=C(NCCCn1nc2ccccn2c1=O)C1CCCN(C(=O)c2cccc3ccccc23)C1. The zero-order chi connectivity index (χ0) is 23.5. The fourth-order valence-electron chi connectivity index (χ4n) is 4.66. The molecule has 2 amide bonds. The number of nitrogens with one attached hydrogen (secondary N) is 1. The first-order valence-electron chi connectivity index (χ1n) is 11.7. The molecule has 1 aliphatic heterocycles. The molecule has 34 heavy (non-hydrogen) atoms. The highest BCUT2D eigenvalue weighted by molar-refractivity contribution is 6.07. The van der Waals surface area contributed by atoms with Crippen LogP contribution in [0, 0.1) is 5.92 Å². The molecular weight excluding hydrogens is 430 g/mol. The molecule has 8 nitrogen and oxygen atoms in total. The molecule has 4 aromatic rings. The molecule has 174 valence electrons. The van der Waals surface area contributed by atoms with Gasteiger partial charge in [-0.25, -0.2) is 9.48 Å². The van der Waals surface area contributed by atoms with Crippen LogP contribution in [0.25, 0.3) is 16.4 Å². The number of aromatic nitrogens is 3. The Bertz CT molecular complexity index is 1400. The quantitative estimate of drug-likeness (QED) is 0.451. The Morgan fingerprint density at radius 3 is 2.74 bits per heavy atom. The molecule has 0 bridgehead atoms. The number of hydrogen-bond donors (Lipinski definition) is 1. The molecule has 0 aliphatic carbocycles. The topological polar surface area (TPSA) is 88.7 Å². The second-order valence-electron chi connectivity index (χ2n) is 8.70. The Hall–Kier alpha value is -3.94. The monoisotopic (exact) mass is 457 g/mol. The van der Waals surface area contributed by atoms with Gasteiger partial charge in [0.15, 0.2) is 5.65 Å². The van der Waals surface area contributed by atoms with E-state index in [1.54, 1.807) is 23.2 Å². The third kappa shape index (κ3) is 4.31. The highest BCUT2D eigenvalue weighted by Crippen LogP contribution is 2.23. The van der Waals surface area contributed by atoms with Gasteiger partial charge in [0, 0.05) is 37.9 Å². The van der Waals surface area contributed by atoms with Gasteiger partial charge in [-0.15, -0.1) is 5.10 Å². The number of hydrogen-bond acceptors (Lipinski definition) is 4. The molecule has 3 heterocycles. The molecule has 1 unspecified atom stereocenters. The highest BCUT2D eigenvalue weighted by Gasteiger charge is 2.29. The Morgan fingerprint density at radius 1 is 1.03 bits per heavy atom. The Labute approximate surface area is 196 Å². The lowest BCUT2D eigenvalue weighted by Crippen LogP contribution is -2.45. The van der Waals surface area contributed by atoms with E-state index in [4.69, 9.17) is 0 Å². The van der Waals surface area contributed by atoms with E-state index in [9.17, 15) is 14.4 Å². The van der Waals surface area contributed by atoms with Crippen LogP contribution in [0.1, 0.15) is 29.6 Å². The van der Waals surface area contributed by atoms with Gasteiger partial charge in [0.05, 0.1) is 5.92 Å². The summed E-state index contributed by atoms with van der Waals surface area (Å²) in [6.07, 6.45) is 3.85. The lowest BCUT2D eigenvalue weighted by Gasteiger charge is -2.32. The summed E-state index contributed by atoms with van der Waals surface area (Å²) in [6, 6.07) is 19.0. The van der Waals surface area contributed by atoms with Gasteiger partial charge in [0.1, 0.15) is 0 Å². The van der Waals surface area contributed by atoms with Crippen molar-refractivity contribution in [1.82, 2.24) is 24.4 Å². The Kier molecular flexibility index (Phi) is 6.12. The predicted molar refractivity (Wildman–Crippen MR) is 130 cm³/mol. The summed E-state index contributed by atoms with van der Waals surface area (Å²) < 4.78 is 2.93. The summed E-state index contributed by atoms with van der Waals surface area (Å²) in [6.45, 7) is 1.95. The summed E-state index contributed by atoms with van der Waals surface area (Å²) >= 11 is 0. The fourth-order valence-corrected chi connectivity index (χ4v) is 4.66. The van der Waals surface area contributed by atoms with E-state index in [1.807, 2.05) is 48.5 Å². The van der Waals surface area contributed by atoms with Crippen molar-refractivity contribution in [3.8, 4) is 0 Å². The van der Waals surface area contributed by atoms with Gasteiger partial charge in [0.25, 0.3) is 5.91 Å². The van der Waals surface area contributed by atoms with E-state index in [0.29, 0.717) is 43.8 Å². The van der Waals surface area contributed by atoms with Crippen LogP contribution in [0.3, 0.4) is 0 Å². The van der Waals surface area contributed by atoms with Crippen LogP contribution in [-0.4, -0.2) is 50.5 Å². The fraction of sp³-hybridized carbons (Fsp3) is 0.308. The number of pyridine rings is 1. The van der Waals surface area contributed by atoms with Crippen LogP contribution < -0.4 is 11.0 Å². The molecule has 2 aromatic heterocycles. The van der Waals surface area contributed by atoms with Gasteiger partial charge in [-0.05, 0) is 48.2 Å². The summed E-state index contributed by atoms with van der Waals surface area (Å²) in [5, 5.41) is 9.25. The van der Waals surface area contributed by atoms with Crippen molar-refractivity contribution in [2.45, 2.75) is 25.8 Å². The zero-order valence-corrected chi connectivity index (χ0v) is 18.9. The third-order valence-electron chi connectivity index (χ3n) is 6.43. The van der Waals surface area contributed by atoms with Crippen molar-refractivity contribution in [3.05, 3.63) is 82.9 Å². The van der Waals surface area contributed by atoms with Crippen LogP contribution in [-0.2, 0) is 11.3 Å². The molecule has 0 radical (unpaired) electrons. The van der Waals surface area contributed by atoms with Gasteiger partial charge >= 0.3 is 5.69 Å². The van der Waals surface area contributed by atoms with E-state index >= 15 is 0 Å². The summed E-state index contributed by atoms with van der Waals surface area (Å²) in [5.41, 5.74) is 1.10. The van der Waals surface area contributed by atoms with E-state index in [2.05, 4.69) is 10.4 Å². The second kappa shape index (κ2) is 9.51. The number of fused-ring (bicyclic) bond motifs is 2. The van der Waals surface area contributed by atoms with Crippen LogP contribution in [0.4, 0.5) is 0 Å². The third-order valence-corrected chi connectivity index (χ3v) is 6.43. The molecular formula is C26H27N5O3. The minimum atomic E-state index is -0.231. The molecule has 1 fully saturated rings. The normalized spacial score (nSPS) is 16.1. The summed E-state index contributed by atoms with van der Waals surface area (Å²) in [4.78, 5) is 40.2. The number of carbonyl (C=O) groups is 2. The number of rotatable bonds is 6. The molecule has 1 saturated heterocycles. The van der Waals surface area contributed by atoms with E-state index in [-0.39, 0.29) is 23.4 Å². The van der Waals surface area contributed by atoms with Gasteiger partial charge < -0.3 is 10.2 Å². The van der Waals surface area contributed by atoms with Gasteiger partial charge in [-0.1, -0.05) is 42.5 Å². The number of nitrogens with zero attached hydrogens (tertiary/aromatic N) is 4. The second-order valence-corrected chi connectivity index (χ2v) is 8.70. The first-order valence-corrected chi connectivity index (χ1v) is 11.7. The Balaban J connectivity index is 1.17. The largest absolute Gasteiger partial charge is 0.356 e. The minimum absolute atomic E-state index is 0.0273. The number of benzene rings is 2. The molecule has 0 saturated carbocycles. The Morgan fingerprint density at radius 2 is 1.85 bits per heavy atom. The zero-order valence-electron chi connectivity index (χ0n) is 18.9. The molecule has 2 aromatic carbocycles. The van der Waals surface area contributed by atoms with E-state index < -0.39 is 0 Å². The minimum Gasteiger partial charge on any atom is -0.356 e. The average Bonchev–Trinajstić information content (AvgIpc) is 3.21. The van der Waals surface area contributed by atoms with Crippen molar-refractivity contribution < 1.29 is 9.59 Å². The van der Waals surface area contributed by atoms with Crippen molar-refractivity contribution in [1.29, 1.82) is 0 Å². The molecule has 8 heteroatoms. The average molecular weight is 458 g/mol. The molecule has 1 N–H and O–H groups in total. The van der Waals surface area contributed by atoms with Crippen molar-refractivity contribution in [2.75, 3.05) is 19.6 Å². The predicted octanol–water partition coefficient (Wildman–Crippen LogP) is 2.71. The summed E-state index contributed by atoms with van der Waals surface area (Å²) in [5.74, 6) is -0.302. The van der Waals surface area contributed by atoms with Gasteiger partial charge in [0.2, 0.25) is 5.91 Å². The maximum absolute atomic E-state index is 13.3. The van der Waals surface area contributed by atoms with Crippen molar-refractivity contribution >= 4 is 28.2 Å². The number of likely N-dealkylation sites (tertiary alicyclic amines) is 1. The van der Waals surface area contributed by atoms with Crippen molar-refractivity contribution in [2.24, 2.45) is 5.92 Å². The maximum atomic E-state index is 13.3. The van der Waals surface area contributed by atoms with Crippen LogP contribution in [0.2, 0.25) is 0 Å². The molecule has 0 spiro atoms.